The molecule has 4 N–H and O–H groups in total. The molecule has 0 bridgehead atoms. The molecule has 0 aromatic heterocycles. The molecule has 12 heteroatoms. The number of rotatable bonds is 18. The van der Waals surface area contributed by atoms with Crippen molar-refractivity contribution in [1.82, 2.24) is 10.6 Å². The number of hydrogen-bond acceptors (Lipinski definition) is 10. The summed E-state index contributed by atoms with van der Waals surface area (Å²) in [6.45, 7) is 3.95. The summed E-state index contributed by atoms with van der Waals surface area (Å²) in [5.41, 5.74) is 5.12. The highest BCUT2D eigenvalue weighted by Crippen LogP contribution is 2.30. The average Bonchev–Trinajstić information content (AvgIpc) is 3.19. The molecule has 56 heavy (non-hydrogen) atoms. The highest BCUT2D eigenvalue weighted by atomic mass is 16.6. The third-order valence-electron chi connectivity index (χ3n) is 9.43. The molecule has 6 rings (SSSR count). The van der Waals surface area contributed by atoms with Gasteiger partial charge in [-0.15, -0.1) is 0 Å². The molecule has 0 saturated carbocycles. The molecule has 0 aliphatic carbocycles. The summed E-state index contributed by atoms with van der Waals surface area (Å²) >= 11 is 0. The molecule has 2 heterocycles. The van der Waals surface area contributed by atoms with Crippen LogP contribution in [-0.2, 0) is 54.3 Å². The lowest BCUT2D eigenvalue weighted by molar-refractivity contribution is -0.147. The first-order valence-corrected chi connectivity index (χ1v) is 19.0. The predicted octanol–water partition coefficient (Wildman–Crippen LogP) is 5.65. The molecule has 12 nitrogen and oxygen atoms in total. The molecule has 292 valence electrons. The number of anilines is 2. The number of ether oxygens (including phenoxy) is 4. The van der Waals surface area contributed by atoms with Gasteiger partial charge in [0.2, 0.25) is 0 Å². The molecular weight excluding hydrogens is 713 g/mol. The summed E-state index contributed by atoms with van der Waals surface area (Å²) in [5.74, 6) is -0.804. The van der Waals surface area contributed by atoms with Gasteiger partial charge < -0.3 is 29.6 Å². The van der Waals surface area contributed by atoms with Crippen molar-refractivity contribution in [3.63, 3.8) is 0 Å². The number of fused-ring (bicyclic) bond motifs is 2. The maximum absolute atomic E-state index is 13.2. The number of carbonyl (C=O) groups excluding carboxylic acids is 4. The van der Waals surface area contributed by atoms with Crippen molar-refractivity contribution in [3.8, 4) is 11.5 Å². The number of benzene rings is 4. The predicted molar refractivity (Wildman–Crippen MR) is 212 cm³/mol. The van der Waals surface area contributed by atoms with Crippen molar-refractivity contribution < 1.29 is 38.1 Å². The van der Waals surface area contributed by atoms with Crippen LogP contribution in [0, 0.1) is 0 Å². The zero-order valence-electron chi connectivity index (χ0n) is 31.6. The van der Waals surface area contributed by atoms with E-state index in [0.29, 0.717) is 35.7 Å². The highest BCUT2D eigenvalue weighted by molar-refractivity contribution is 5.96. The van der Waals surface area contributed by atoms with E-state index in [1.807, 2.05) is 62.4 Å². The molecule has 2 aliphatic rings. The quantitative estimate of drug-likeness (QED) is 0.0569. The van der Waals surface area contributed by atoms with Gasteiger partial charge in [0.05, 0.1) is 11.4 Å². The van der Waals surface area contributed by atoms with E-state index < -0.39 is 24.4 Å². The molecule has 0 saturated heterocycles. The zero-order valence-corrected chi connectivity index (χ0v) is 31.6. The third-order valence-corrected chi connectivity index (χ3v) is 9.43. The molecule has 4 aromatic carbocycles. The Morgan fingerprint density at radius 3 is 1.45 bits per heavy atom. The SMILES string of the molecule is CC(CCc1ccccc1)NC(Cc1ccc2c(c1)NC(=O)CO2)OC(=O)/C=C\C(=O)OC(Cc1ccc2c(c1)NC(=O)CO2)NC(C)CCc1ccccc1. The zero-order chi connectivity index (χ0) is 39.3. The Bertz CT molecular complexity index is 1860. The van der Waals surface area contributed by atoms with Gasteiger partial charge in [0, 0.05) is 37.1 Å². The number of carbonyl (C=O) groups is 4. The lowest BCUT2D eigenvalue weighted by Crippen LogP contribution is -2.41. The maximum Gasteiger partial charge on any atom is 0.332 e. The van der Waals surface area contributed by atoms with Gasteiger partial charge in [-0.3, -0.25) is 20.2 Å². The highest BCUT2D eigenvalue weighted by Gasteiger charge is 2.23. The molecule has 0 spiro atoms. The summed E-state index contributed by atoms with van der Waals surface area (Å²) in [7, 11) is 0. The number of esters is 2. The number of nitrogens with one attached hydrogen (secondary N) is 4. The van der Waals surface area contributed by atoms with E-state index in [4.69, 9.17) is 18.9 Å². The van der Waals surface area contributed by atoms with Crippen LogP contribution in [0.2, 0.25) is 0 Å². The average molecular weight is 761 g/mol. The molecular formula is C44H48N4O8. The summed E-state index contributed by atoms with van der Waals surface area (Å²) < 4.78 is 22.7. The van der Waals surface area contributed by atoms with E-state index in [9.17, 15) is 19.2 Å². The fourth-order valence-electron chi connectivity index (χ4n) is 6.56. The number of aryl methyl sites for hydroxylation is 2. The lowest BCUT2D eigenvalue weighted by Gasteiger charge is -2.25. The molecule has 4 atom stereocenters. The Morgan fingerprint density at radius 1 is 0.625 bits per heavy atom. The largest absolute Gasteiger partial charge is 0.482 e. The second kappa shape index (κ2) is 19.6. The summed E-state index contributed by atoms with van der Waals surface area (Å²) in [4.78, 5) is 50.3. The summed E-state index contributed by atoms with van der Waals surface area (Å²) in [6, 6.07) is 31.1. The van der Waals surface area contributed by atoms with Gasteiger partial charge in [0.25, 0.3) is 11.8 Å². The molecule has 2 aliphatic heterocycles. The maximum atomic E-state index is 13.2. The monoisotopic (exact) mass is 760 g/mol. The van der Waals surface area contributed by atoms with Crippen LogP contribution in [0.25, 0.3) is 0 Å². The van der Waals surface area contributed by atoms with Crippen LogP contribution in [-0.4, -0.2) is 61.5 Å². The molecule has 0 radical (unpaired) electrons. The Morgan fingerprint density at radius 2 is 1.04 bits per heavy atom. The van der Waals surface area contributed by atoms with Gasteiger partial charge >= 0.3 is 11.9 Å². The van der Waals surface area contributed by atoms with E-state index in [0.717, 1.165) is 49.0 Å². The minimum absolute atomic E-state index is 0.0261. The first-order valence-electron chi connectivity index (χ1n) is 19.0. The van der Waals surface area contributed by atoms with E-state index in [-0.39, 0.29) is 37.1 Å². The van der Waals surface area contributed by atoms with Gasteiger partial charge in [-0.25, -0.2) is 9.59 Å². The van der Waals surface area contributed by atoms with Gasteiger partial charge in [0.1, 0.15) is 11.5 Å². The minimum atomic E-state index is -0.749. The van der Waals surface area contributed by atoms with Crippen LogP contribution in [0.3, 0.4) is 0 Å². The smallest absolute Gasteiger partial charge is 0.332 e. The standard InChI is InChI=1S/C44H48N4O8/c1-29(13-15-31-9-5-3-6-10-31)45-41(25-33-17-19-37-35(23-33)47-39(49)27-53-37)55-43(51)21-22-44(52)56-42(46-30(2)14-16-32-11-7-4-8-12-32)26-34-18-20-38-36(24-34)48-40(50)28-54-38/h3-12,17-24,29-30,41-42,45-46H,13-16,25-28H2,1-2H3,(H,47,49)(H,48,50)/b22-21-. The van der Waals surface area contributed by atoms with E-state index in [1.165, 1.54) is 11.1 Å². The van der Waals surface area contributed by atoms with Crippen LogP contribution in [0.1, 0.15) is 48.9 Å². The van der Waals surface area contributed by atoms with Crippen molar-refractivity contribution >= 4 is 35.1 Å². The van der Waals surface area contributed by atoms with Crippen LogP contribution in [0.4, 0.5) is 11.4 Å². The Balaban J connectivity index is 1.10. The van der Waals surface area contributed by atoms with Crippen LogP contribution in [0.15, 0.2) is 109 Å². The van der Waals surface area contributed by atoms with E-state index >= 15 is 0 Å². The van der Waals surface area contributed by atoms with E-state index in [2.05, 4.69) is 45.5 Å². The lowest BCUT2D eigenvalue weighted by atomic mass is 10.0. The normalized spacial score (nSPS) is 15.5. The molecule has 0 fully saturated rings. The second-order valence-corrected chi connectivity index (χ2v) is 14.1. The Labute approximate surface area is 326 Å². The first kappa shape index (κ1) is 39.7. The van der Waals surface area contributed by atoms with Gasteiger partial charge in [-0.05, 0) is 86.1 Å². The Hall–Kier alpha value is -5.98. The van der Waals surface area contributed by atoms with Gasteiger partial charge in [-0.2, -0.15) is 0 Å². The molecule has 2 amide bonds. The number of amides is 2. The van der Waals surface area contributed by atoms with Crippen molar-refractivity contribution in [3.05, 3.63) is 131 Å². The number of hydrogen-bond donors (Lipinski definition) is 4. The van der Waals surface area contributed by atoms with Crippen molar-refractivity contribution in [2.75, 3.05) is 23.8 Å². The minimum Gasteiger partial charge on any atom is -0.482 e. The van der Waals surface area contributed by atoms with Gasteiger partial charge in [0.15, 0.2) is 25.7 Å². The summed E-state index contributed by atoms with van der Waals surface area (Å²) in [6.07, 6.45) is 4.45. The molecule has 4 aromatic rings. The second-order valence-electron chi connectivity index (χ2n) is 14.1. The van der Waals surface area contributed by atoms with Crippen LogP contribution in [0.5, 0.6) is 11.5 Å². The topological polar surface area (TPSA) is 153 Å². The van der Waals surface area contributed by atoms with Crippen molar-refractivity contribution in [2.24, 2.45) is 0 Å². The Kier molecular flexibility index (Phi) is 13.9. The van der Waals surface area contributed by atoms with Gasteiger partial charge in [-0.1, -0.05) is 72.8 Å². The van der Waals surface area contributed by atoms with Crippen LogP contribution >= 0.6 is 0 Å². The van der Waals surface area contributed by atoms with Crippen LogP contribution < -0.4 is 30.7 Å². The van der Waals surface area contributed by atoms with Crippen molar-refractivity contribution in [1.29, 1.82) is 0 Å². The van der Waals surface area contributed by atoms with Crippen molar-refractivity contribution in [2.45, 2.75) is 76.9 Å². The first-order chi connectivity index (χ1) is 27.1. The molecule has 4 unspecified atom stereocenters. The fraction of sp³-hybridized carbons (Fsp3) is 0.318. The summed E-state index contributed by atoms with van der Waals surface area (Å²) in [5, 5.41) is 12.5. The van der Waals surface area contributed by atoms with E-state index in [1.54, 1.807) is 24.3 Å². The fourth-order valence-corrected chi connectivity index (χ4v) is 6.56. The third kappa shape index (κ3) is 12.3.